The van der Waals surface area contributed by atoms with Crippen molar-refractivity contribution in [3.05, 3.63) is 18.2 Å². The highest BCUT2D eigenvalue weighted by atomic mass is 16.6. The number of amides is 1. The first-order valence-corrected chi connectivity index (χ1v) is 9.59. The maximum absolute atomic E-state index is 12.6. The maximum Gasteiger partial charge on any atom is 0.410 e. The monoisotopic (exact) mass is 346 g/mol. The molecule has 25 heavy (non-hydrogen) atoms. The molecule has 1 aromatic rings. The Bertz CT molecular complexity index is 644. The first kappa shape index (κ1) is 16.9. The molecule has 0 bridgehead atoms. The smallest absolute Gasteiger partial charge is 0.410 e. The highest BCUT2D eigenvalue weighted by Crippen LogP contribution is 2.48. The normalized spacial score (nSPS) is 27.9. The second-order valence-electron chi connectivity index (χ2n) is 9.10. The zero-order valence-electron chi connectivity index (χ0n) is 15.6. The third-order valence-electron chi connectivity index (χ3n) is 5.87. The molecule has 1 spiro atoms. The minimum atomic E-state index is -0.444. The van der Waals surface area contributed by atoms with Gasteiger partial charge in [-0.2, -0.15) is 0 Å². The molecular formula is C19H30N4O2. The first-order valence-electron chi connectivity index (χ1n) is 9.59. The van der Waals surface area contributed by atoms with E-state index in [0.717, 1.165) is 38.3 Å². The van der Waals surface area contributed by atoms with Crippen molar-refractivity contribution in [1.29, 1.82) is 0 Å². The molecule has 3 aliphatic rings. The summed E-state index contributed by atoms with van der Waals surface area (Å²) in [7, 11) is 0. The van der Waals surface area contributed by atoms with Crippen molar-refractivity contribution < 1.29 is 9.53 Å². The number of hydrogen-bond acceptors (Lipinski definition) is 4. The third kappa shape index (κ3) is 3.41. The highest BCUT2D eigenvalue weighted by molar-refractivity contribution is 5.68. The summed E-state index contributed by atoms with van der Waals surface area (Å²) in [4.78, 5) is 19.1. The van der Waals surface area contributed by atoms with Crippen LogP contribution in [0.25, 0.3) is 0 Å². The van der Waals surface area contributed by atoms with E-state index in [-0.39, 0.29) is 6.09 Å². The Hall–Kier alpha value is -1.56. The third-order valence-corrected chi connectivity index (χ3v) is 5.87. The molecule has 0 radical (unpaired) electrons. The molecule has 4 rings (SSSR count). The summed E-state index contributed by atoms with van der Waals surface area (Å²) in [6.07, 6.45) is 9.74. The Morgan fingerprint density at radius 1 is 1.40 bits per heavy atom. The summed E-state index contributed by atoms with van der Waals surface area (Å²) in [6, 6.07) is 0.616. The van der Waals surface area contributed by atoms with Crippen molar-refractivity contribution >= 4 is 6.09 Å². The molecule has 6 nitrogen and oxygen atoms in total. The molecule has 1 amide bonds. The Labute approximate surface area is 149 Å². The molecule has 2 unspecified atom stereocenters. The van der Waals surface area contributed by atoms with Crippen LogP contribution >= 0.6 is 0 Å². The summed E-state index contributed by atoms with van der Waals surface area (Å²) in [5.74, 6) is 1.14. The lowest BCUT2D eigenvalue weighted by molar-refractivity contribution is -0.0261. The SMILES string of the molecule is CC(C)(C)OC(=O)N1CC(NC2CCn3ccnc32)CC2(CCC2)C1. The molecule has 0 aromatic carbocycles. The van der Waals surface area contributed by atoms with E-state index in [1.165, 1.54) is 19.3 Å². The van der Waals surface area contributed by atoms with E-state index in [0.29, 0.717) is 17.5 Å². The van der Waals surface area contributed by atoms with Crippen LogP contribution in [0.15, 0.2) is 12.4 Å². The lowest BCUT2D eigenvalue weighted by Crippen LogP contribution is -2.58. The van der Waals surface area contributed by atoms with Crippen LogP contribution in [0.2, 0.25) is 0 Å². The number of rotatable bonds is 2. The van der Waals surface area contributed by atoms with Crippen LogP contribution in [0.3, 0.4) is 0 Å². The lowest BCUT2D eigenvalue weighted by atomic mass is 9.63. The number of aryl methyl sites for hydroxylation is 1. The lowest BCUT2D eigenvalue weighted by Gasteiger charge is -2.51. The van der Waals surface area contributed by atoms with Crippen molar-refractivity contribution in [1.82, 2.24) is 19.8 Å². The number of imidazole rings is 1. The van der Waals surface area contributed by atoms with Crippen molar-refractivity contribution in [3.8, 4) is 0 Å². The van der Waals surface area contributed by atoms with Gasteiger partial charge >= 0.3 is 6.09 Å². The van der Waals surface area contributed by atoms with Gasteiger partial charge in [-0.25, -0.2) is 9.78 Å². The Balaban J connectivity index is 1.45. The van der Waals surface area contributed by atoms with Gasteiger partial charge in [0.05, 0.1) is 6.04 Å². The number of hydrogen-bond donors (Lipinski definition) is 1. The number of piperidine rings is 1. The first-order chi connectivity index (χ1) is 11.8. The molecule has 3 heterocycles. The van der Waals surface area contributed by atoms with Gasteiger partial charge in [-0.3, -0.25) is 0 Å². The van der Waals surface area contributed by atoms with E-state index in [1.54, 1.807) is 0 Å². The fourth-order valence-electron chi connectivity index (χ4n) is 4.66. The predicted octanol–water partition coefficient (Wildman–Crippen LogP) is 3.10. The molecule has 1 aliphatic carbocycles. The molecule has 2 aliphatic heterocycles. The molecule has 2 fully saturated rings. The van der Waals surface area contributed by atoms with Gasteiger partial charge in [0.2, 0.25) is 0 Å². The van der Waals surface area contributed by atoms with Gasteiger partial charge in [-0.05, 0) is 51.9 Å². The predicted molar refractivity (Wildman–Crippen MR) is 95.2 cm³/mol. The summed E-state index contributed by atoms with van der Waals surface area (Å²) in [5, 5.41) is 3.80. The van der Waals surface area contributed by atoms with E-state index in [1.807, 2.05) is 31.9 Å². The summed E-state index contributed by atoms with van der Waals surface area (Å²) < 4.78 is 7.87. The molecular weight excluding hydrogens is 316 g/mol. The topological polar surface area (TPSA) is 59.4 Å². The summed E-state index contributed by atoms with van der Waals surface area (Å²) in [5.41, 5.74) is -0.152. The number of nitrogens with zero attached hydrogens (tertiary/aromatic N) is 3. The van der Waals surface area contributed by atoms with Gasteiger partial charge in [0.25, 0.3) is 0 Å². The van der Waals surface area contributed by atoms with Crippen LogP contribution in [0.4, 0.5) is 4.79 Å². The zero-order valence-corrected chi connectivity index (χ0v) is 15.6. The van der Waals surface area contributed by atoms with Crippen molar-refractivity contribution in [2.45, 2.75) is 77.1 Å². The van der Waals surface area contributed by atoms with E-state index >= 15 is 0 Å². The second-order valence-corrected chi connectivity index (χ2v) is 9.10. The molecule has 1 N–H and O–H groups in total. The van der Waals surface area contributed by atoms with Gasteiger partial charge in [0, 0.05) is 38.1 Å². The standard InChI is InChI=1S/C19H30N4O2/c1-18(2,3)25-17(24)23-12-14(11-19(13-23)6-4-7-19)21-15-5-9-22-10-8-20-16(15)22/h8,10,14-15,21H,4-7,9,11-13H2,1-3H3. The minimum Gasteiger partial charge on any atom is -0.444 e. The molecule has 1 saturated carbocycles. The van der Waals surface area contributed by atoms with Gasteiger partial charge in [0.1, 0.15) is 11.4 Å². The van der Waals surface area contributed by atoms with Crippen LogP contribution in [-0.2, 0) is 11.3 Å². The molecule has 2 atom stereocenters. The zero-order chi connectivity index (χ0) is 17.7. The molecule has 1 aromatic heterocycles. The van der Waals surface area contributed by atoms with Crippen LogP contribution < -0.4 is 5.32 Å². The molecule has 1 saturated heterocycles. The van der Waals surface area contributed by atoms with Crippen LogP contribution in [0.1, 0.15) is 64.7 Å². The fraction of sp³-hybridized carbons (Fsp3) is 0.789. The Kier molecular flexibility index (Phi) is 4.06. The largest absolute Gasteiger partial charge is 0.444 e. The number of nitrogens with one attached hydrogen (secondary N) is 1. The summed E-state index contributed by atoms with van der Waals surface area (Å²) in [6.45, 7) is 8.40. The number of carbonyl (C=O) groups is 1. The number of likely N-dealkylation sites (tertiary alicyclic amines) is 1. The fourth-order valence-corrected chi connectivity index (χ4v) is 4.66. The maximum atomic E-state index is 12.6. The summed E-state index contributed by atoms with van der Waals surface area (Å²) >= 11 is 0. The average molecular weight is 346 g/mol. The van der Waals surface area contributed by atoms with Crippen molar-refractivity contribution in [2.24, 2.45) is 5.41 Å². The van der Waals surface area contributed by atoms with E-state index < -0.39 is 5.60 Å². The number of carbonyl (C=O) groups excluding carboxylic acids is 1. The number of aromatic nitrogens is 2. The minimum absolute atomic E-state index is 0.168. The average Bonchev–Trinajstić information content (AvgIpc) is 3.09. The number of ether oxygens (including phenoxy) is 1. The molecule has 138 valence electrons. The number of fused-ring (bicyclic) bond motifs is 1. The van der Waals surface area contributed by atoms with Crippen molar-refractivity contribution in [3.63, 3.8) is 0 Å². The van der Waals surface area contributed by atoms with Crippen LogP contribution in [0, 0.1) is 5.41 Å². The highest BCUT2D eigenvalue weighted by Gasteiger charge is 2.46. The molecule has 6 heteroatoms. The van der Waals surface area contributed by atoms with E-state index in [9.17, 15) is 4.79 Å². The van der Waals surface area contributed by atoms with E-state index in [2.05, 4.69) is 21.1 Å². The van der Waals surface area contributed by atoms with Gasteiger partial charge < -0.3 is 19.5 Å². The van der Waals surface area contributed by atoms with Gasteiger partial charge in [0.15, 0.2) is 0 Å². The van der Waals surface area contributed by atoms with Crippen LogP contribution in [0.5, 0.6) is 0 Å². The van der Waals surface area contributed by atoms with Crippen molar-refractivity contribution in [2.75, 3.05) is 13.1 Å². The Morgan fingerprint density at radius 2 is 2.20 bits per heavy atom. The van der Waals surface area contributed by atoms with Crippen LogP contribution in [-0.4, -0.2) is 45.3 Å². The van der Waals surface area contributed by atoms with Gasteiger partial charge in [-0.15, -0.1) is 0 Å². The van der Waals surface area contributed by atoms with Gasteiger partial charge in [-0.1, -0.05) is 6.42 Å². The van der Waals surface area contributed by atoms with E-state index in [4.69, 9.17) is 4.74 Å². The quantitative estimate of drug-likeness (QED) is 0.894. The Morgan fingerprint density at radius 3 is 2.88 bits per heavy atom. The second kappa shape index (κ2) is 6.01.